The second-order valence-electron chi connectivity index (χ2n) is 7.38. The van der Waals surface area contributed by atoms with E-state index in [0.29, 0.717) is 23.2 Å². The van der Waals surface area contributed by atoms with Crippen molar-refractivity contribution in [3.63, 3.8) is 0 Å². The van der Waals surface area contributed by atoms with Gasteiger partial charge in [-0.05, 0) is 54.3 Å². The molecular weight excluding hydrogens is 208 g/mol. The number of rotatable bonds is 1. The van der Waals surface area contributed by atoms with Gasteiger partial charge in [-0.15, -0.1) is 0 Å². The van der Waals surface area contributed by atoms with Gasteiger partial charge in [-0.3, -0.25) is 0 Å². The van der Waals surface area contributed by atoms with Crippen molar-refractivity contribution in [1.29, 1.82) is 0 Å². The Bertz CT molecular complexity index is 381. The third-order valence-corrected chi connectivity index (χ3v) is 6.52. The van der Waals surface area contributed by atoms with E-state index in [0.717, 1.165) is 12.3 Å². The maximum Gasteiger partial charge on any atom is 0.123 e. The lowest BCUT2D eigenvalue weighted by Crippen LogP contribution is -2.33. The SMILES string of the molecule is C=C1CCC23CC1C(C)(C)C2C(C=O)CC3C. The first-order chi connectivity index (χ1) is 7.93. The zero-order valence-electron chi connectivity index (χ0n) is 11.3. The molecule has 0 aliphatic heterocycles. The molecule has 94 valence electrons. The van der Waals surface area contributed by atoms with Crippen molar-refractivity contribution in [3.8, 4) is 0 Å². The predicted octanol–water partition coefficient (Wildman–Crippen LogP) is 3.84. The number of hydrogen-bond donors (Lipinski definition) is 0. The van der Waals surface area contributed by atoms with Crippen LogP contribution in [0.15, 0.2) is 12.2 Å². The molecule has 0 aromatic carbocycles. The summed E-state index contributed by atoms with van der Waals surface area (Å²) >= 11 is 0. The van der Waals surface area contributed by atoms with Gasteiger partial charge in [0.05, 0.1) is 0 Å². The molecule has 3 aliphatic carbocycles. The summed E-state index contributed by atoms with van der Waals surface area (Å²) in [4.78, 5) is 11.4. The molecule has 3 fully saturated rings. The fraction of sp³-hybridized carbons (Fsp3) is 0.812. The molecule has 0 aromatic heterocycles. The molecule has 0 N–H and O–H groups in total. The van der Waals surface area contributed by atoms with E-state index in [1.807, 2.05) is 0 Å². The normalized spacial score (nSPS) is 51.4. The third kappa shape index (κ3) is 1.18. The van der Waals surface area contributed by atoms with Gasteiger partial charge < -0.3 is 4.79 Å². The zero-order valence-corrected chi connectivity index (χ0v) is 11.3. The summed E-state index contributed by atoms with van der Waals surface area (Å²) < 4.78 is 0. The zero-order chi connectivity index (χ0) is 12.4. The fourth-order valence-electron chi connectivity index (χ4n) is 5.87. The highest BCUT2D eigenvalue weighted by atomic mass is 16.1. The predicted molar refractivity (Wildman–Crippen MR) is 69.5 cm³/mol. The highest BCUT2D eigenvalue weighted by molar-refractivity contribution is 5.56. The van der Waals surface area contributed by atoms with Gasteiger partial charge in [-0.2, -0.15) is 0 Å². The van der Waals surface area contributed by atoms with Crippen molar-refractivity contribution in [2.45, 2.75) is 46.5 Å². The molecule has 3 rings (SSSR count). The lowest BCUT2D eigenvalue weighted by atomic mass is 9.66. The van der Waals surface area contributed by atoms with Gasteiger partial charge in [0.25, 0.3) is 0 Å². The number of allylic oxidation sites excluding steroid dienone is 1. The maximum absolute atomic E-state index is 11.4. The van der Waals surface area contributed by atoms with Crippen LogP contribution < -0.4 is 0 Å². The Labute approximate surface area is 105 Å². The Balaban J connectivity index is 2.11. The van der Waals surface area contributed by atoms with Crippen molar-refractivity contribution in [2.75, 3.05) is 0 Å². The molecule has 2 bridgehead atoms. The second kappa shape index (κ2) is 3.24. The summed E-state index contributed by atoms with van der Waals surface area (Å²) in [6.45, 7) is 11.4. The number of carbonyl (C=O) groups excluding carboxylic acids is 1. The van der Waals surface area contributed by atoms with E-state index >= 15 is 0 Å². The maximum atomic E-state index is 11.4. The summed E-state index contributed by atoms with van der Waals surface area (Å²) in [5.41, 5.74) is 2.19. The topological polar surface area (TPSA) is 17.1 Å². The molecule has 0 radical (unpaired) electrons. The first-order valence-electron chi connectivity index (χ1n) is 7.06. The van der Waals surface area contributed by atoms with Crippen LogP contribution in [0.1, 0.15) is 46.5 Å². The largest absolute Gasteiger partial charge is 0.303 e. The van der Waals surface area contributed by atoms with Gasteiger partial charge in [-0.25, -0.2) is 0 Å². The Morgan fingerprint density at radius 3 is 2.76 bits per heavy atom. The molecule has 0 heterocycles. The molecule has 1 nitrogen and oxygen atoms in total. The molecule has 0 amide bonds. The monoisotopic (exact) mass is 232 g/mol. The minimum atomic E-state index is 0.282. The van der Waals surface area contributed by atoms with Crippen LogP contribution in [-0.2, 0) is 4.79 Å². The van der Waals surface area contributed by atoms with E-state index in [1.165, 1.54) is 31.1 Å². The quantitative estimate of drug-likeness (QED) is 0.496. The number of fused-ring (bicyclic) bond motifs is 1. The van der Waals surface area contributed by atoms with E-state index < -0.39 is 0 Å². The van der Waals surface area contributed by atoms with Gasteiger partial charge in [0.1, 0.15) is 6.29 Å². The average Bonchev–Trinajstić information content (AvgIpc) is 2.66. The van der Waals surface area contributed by atoms with E-state index in [9.17, 15) is 4.79 Å². The lowest BCUT2D eigenvalue weighted by molar-refractivity contribution is -0.113. The molecule has 3 aliphatic rings. The van der Waals surface area contributed by atoms with Crippen molar-refractivity contribution in [1.82, 2.24) is 0 Å². The van der Waals surface area contributed by atoms with Crippen LogP contribution in [0, 0.1) is 34.5 Å². The van der Waals surface area contributed by atoms with Gasteiger partial charge >= 0.3 is 0 Å². The smallest absolute Gasteiger partial charge is 0.123 e. The third-order valence-electron chi connectivity index (χ3n) is 6.52. The molecule has 5 atom stereocenters. The van der Waals surface area contributed by atoms with Crippen LogP contribution >= 0.6 is 0 Å². The van der Waals surface area contributed by atoms with Crippen LogP contribution in [0.4, 0.5) is 0 Å². The van der Waals surface area contributed by atoms with Crippen molar-refractivity contribution < 1.29 is 4.79 Å². The average molecular weight is 232 g/mol. The molecule has 3 saturated carbocycles. The first kappa shape index (κ1) is 11.5. The van der Waals surface area contributed by atoms with E-state index in [1.54, 1.807) is 0 Å². The standard InChI is InChI=1S/C16H24O/c1-10-5-6-16-8-13(10)15(3,4)14(16)12(9-17)7-11(16)2/h9,11-14H,1,5-8H2,2-4H3. The minimum absolute atomic E-state index is 0.282. The van der Waals surface area contributed by atoms with Crippen LogP contribution in [0.5, 0.6) is 0 Å². The molecular formula is C16H24O. The Morgan fingerprint density at radius 1 is 1.41 bits per heavy atom. The van der Waals surface area contributed by atoms with E-state index in [-0.39, 0.29) is 5.41 Å². The summed E-state index contributed by atoms with van der Waals surface area (Å²) in [5.74, 6) is 2.29. The first-order valence-corrected chi connectivity index (χ1v) is 7.06. The minimum Gasteiger partial charge on any atom is -0.303 e. The molecule has 17 heavy (non-hydrogen) atoms. The second-order valence-corrected chi connectivity index (χ2v) is 7.38. The number of hydrogen-bond acceptors (Lipinski definition) is 1. The summed E-state index contributed by atoms with van der Waals surface area (Å²) in [6, 6.07) is 0. The van der Waals surface area contributed by atoms with Gasteiger partial charge in [0.2, 0.25) is 0 Å². The number of carbonyl (C=O) groups is 1. The van der Waals surface area contributed by atoms with Gasteiger partial charge in [0.15, 0.2) is 0 Å². The van der Waals surface area contributed by atoms with Gasteiger partial charge in [-0.1, -0.05) is 32.9 Å². The van der Waals surface area contributed by atoms with E-state index in [4.69, 9.17) is 0 Å². The van der Waals surface area contributed by atoms with Gasteiger partial charge in [0, 0.05) is 5.92 Å². The Kier molecular flexibility index (Phi) is 2.19. The molecule has 0 saturated heterocycles. The Hall–Kier alpha value is -0.590. The molecule has 5 unspecified atom stereocenters. The molecule has 1 heteroatoms. The highest BCUT2D eigenvalue weighted by Crippen LogP contribution is 2.73. The molecule has 0 aromatic rings. The number of aldehydes is 1. The van der Waals surface area contributed by atoms with Crippen LogP contribution in [0.25, 0.3) is 0 Å². The Morgan fingerprint density at radius 2 is 2.12 bits per heavy atom. The fourth-order valence-corrected chi connectivity index (χ4v) is 5.87. The lowest BCUT2D eigenvalue weighted by Gasteiger charge is -2.38. The van der Waals surface area contributed by atoms with Crippen molar-refractivity contribution >= 4 is 6.29 Å². The summed E-state index contributed by atoms with van der Waals surface area (Å²) in [6.07, 6.45) is 6.15. The molecule has 1 spiro atoms. The van der Waals surface area contributed by atoms with Crippen LogP contribution in [0.3, 0.4) is 0 Å². The summed E-state index contributed by atoms with van der Waals surface area (Å²) in [7, 11) is 0. The van der Waals surface area contributed by atoms with Crippen LogP contribution in [0.2, 0.25) is 0 Å². The van der Waals surface area contributed by atoms with Crippen LogP contribution in [-0.4, -0.2) is 6.29 Å². The highest BCUT2D eigenvalue weighted by Gasteiger charge is 2.66. The van der Waals surface area contributed by atoms with Crippen molar-refractivity contribution in [2.24, 2.45) is 34.5 Å². The summed E-state index contributed by atoms with van der Waals surface area (Å²) in [5, 5.41) is 0. The van der Waals surface area contributed by atoms with Crippen molar-refractivity contribution in [3.05, 3.63) is 12.2 Å². The van der Waals surface area contributed by atoms with E-state index in [2.05, 4.69) is 27.4 Å².